The first-order chi connectivity index (χ1) is 5.39. The van der Waals surface area contributed by atoms with Crippen molar-refractivity contribution in [2.45, 2.75) is 39.7 Å². The topological polar surface area (TPSA) is 37.3 Å². The van der Waals surface area contributed by atoms with Gasteiger partial charge < -0.3 is 5.11 Å². The van der Waals surface area contributed by atoms with E-state index in [9.17, 15) is 9.90 Å². The third-order valence-electron chi connectivity index (χ3n) is 4.45. The summed E-state index contributed by atoms with van der Waals surface area (Å²) < 4.78 is 0. The normalized spacial score (nSPS) is 50.2. The molecule has 3 atom stereocenters. The van der Waals surface area contributed by atoms with Crippen molar-refractivity contribution in [2.24, 2.45) is 16.7 Å². The highest BCUT2D eigenvalue weighted by Gasteiger charge is 2.65. The van der Waals surface area contributed by atoms with Crippen LogP contribution in [0, 0.1) is 16.7 Å². The monoisotopic (exact) mass is 168 g/mol. The predicted molar refractivity (Wildman–Crippen MR) is 45.6 cm³/mol. The fourth-order valence-corrected chi connectivity index (χ4v) is 3.00. The number of Topliss-reactive ketones (excluding diaryl/α,β-unsaturated/α-hetero) is 1. The number of carbonyl (C=O) groups is 1. The molecule has 0 spiro atoms. The Hall–Kier alpha value is -0.370. The van der Waals surface area contributed by atoms with Crippen LogP contribution < -0.4 is 0 Å². The van der Waals surface area contributed by atoms with E-state index in [0.717, 1.165) is 0 Å². The van der Waals surface area contributed by atoms with Crippen LogP contribution in [-0.2, 0) is 4.79 Å². The van der Waals surface area contributed by atoms with Gasteiger partial charge in [0.05, 0.1) is 6.10 Å². The molecule has 0 aromatic carbocycles. The lowest BCUT2D eigenvalue weighted by molar-refractivity contribution is -0.129. The molecule has 0 aromatic heterocycles. The minimum Gasteiger partial charge on any atom is -0.393 e. The van der Waals surface area contributed by atoms with Gasteiger partial charge in [-0.3, -0.25) is 4.79 Å². The maximum Gasteiger partial charge on any atom is 0.139 e. The Morgan fingerprint density at radius 1 is 1.42 bits per heavy atom. The lowest BCUT2D eigenvalue weighted by Crippen LogP contribution is -2.32. The number of hydrogen-bond donors (Lipinski definition) is 1. The third-order valence-corrected chi connectivity index (χ3v) is 4.45. The minimum absolute atomic E-state index is 0.00347. The summed E-state index contributed by atoms with van der Waals surface area (Å²) in [5, 5.41) is 9.69. The quantitative estimate of drug-likeness (QED) is 0.593. The van der Waals surface area contributed by atoms with Crippen molar-refractivity contribution in [3.05, 3.63) is 0 Å². The molecule has 2 aliphatic rings. The van der Waals surface area contributed by atoms with E-state index in [1.165, 1.54) is 0 Å². The molecule has 0 radical (unpaired) electrons. The Kier molecular flexibility index (Phi) is 1.32. The third kappa shape index (κ3) is 0.634. The summed E-state index contributed by atoms with van der Waals surface area (Å²) in [7, 11) is 0. The molecule has 2 rings (SSSR count). The molecule has 1 N–H and O–H groups in total. The standard InChI is InChI=1S/C10H16O2/c1-9(2)6-4-8(12)10(9,3)5-7(6)11/h6-7,11H,4-5H2,1-3H3/t6-,7+,10-/m0/s1. The maximum atomic E-state index is 11.6. The molecule has 0 aromatic rings. The van der Waals surface area contributed by atoms with Crippen LogP contribution in [0.2, 0.25) is 0 Å². The van der Waals surface area contributed by atoms with E-state index in [1.807, 2.05) is 6.92 Å². The highest BCUT2D eigenvalue weighted by molar-refractivity contribution is 5.89. The fourth-order valence-electron chi connectivity index (χ4n) is 3.00. The van der Waals surface area contributed by atoms with Gasteiger partial charge in [0.2, 0.25) is 0 Å². The Bertz CT molecular complexity index is 244. The van der Waals surface area contributed by atoms with Crippen molar-refractivity contribution in [2.75, 3.05) is 0 Å². The second kappa shape index (κ2) is 1.92. The van der Waals surface area contributed by atoms with Crippen LogP contribution in [0.5, 0.6) is 0 Å². The number of carbonyl (C=O) groups excluding carboxylic acids is 1. The molecule has 0 saturated heterocycles. The van der Waals surface area contributed by atoms with E-state index in [2.05, 4.69) is 13.8 Å². The molecule has 2 fully saturated rings. The molecule has 0 heterocycles. The van der Waals surface area contributed by atoms with Gasteiger partial charge in [0, 0.05) is 11.8 Å². The van der Waals surface area contributed by atoms with Crippen LogP contribution in [0.25, 0.3) is 0 Å². The Labute approximate surface area is 73.0 Å². The van der Waals surface area contributed by atoms with Gasteiger partial charge in [0.15, 0.2) is 0 Å². The van der Waals surface area contributed by atoms with E-state index >= 15 is 0 Å². The van der Waals surface area contributed by atoms with Crippen molar-refractivity contribution in [1.29, 1.82) is 0 Å². The molecule has 2 nitrogen and oxygen atoms in total. The van der Waals surface area contributed by atoms with Crippen LogP contribution in [0.4, 0.5) is 0 Å². The van der Waals surface area contributed by atoms with Gasteiger partial charge in [-0.1, -0.05) is 20.8 Å². The van der Waals surface area contributed by atoms with Gasteiger partial charge in [-0.25, -0.2) is 0 Å². The first-order valence-corrected chi connectivity index (χ1v) is 4.61. The number of aliphatic hydroxyl groups is 1. The molecule has 0 unspecified atom stereocenters. The number of aliphatic hydroxyl groups excluding tert-OH is 1. The lowest BCUT2D eigenvalue weighted by Gasteiger charge is -2.31. The molecule has 2 heteroatoms. The number of fused-ring (bicyclic) bond motifs is 2. The molecule has 68 valence electrons. The van der Waals surface area contributed by atoms with Crippen molar-refractivity contribution in [3.63, 3.8) is 0 Å². The van der Waals surface area contributed by atoms with Crippen molar-refractivity contribution in [1.82, 2.24) is 0 Å². The summed E-state index contributed by atoms with van der Waals surface area (Å²) in [5.74, 6) is 0.554. The van der Waals surface area contributed by atoms with E-state index < -0.39 is 0 Å². The largest absolute Gasteiger partial charge is 0.393 e. The highest BCUT2D eigenvalue weighted by atomic mass is 16.3. The van der Waals surface area contributed by atoms with E-state index in [0.29, 0.717) is 18.6 Å². The average molecular weight is 168 g/mol. The van der Waals surface area contributed by atoms with Gasteiger partial charge in [-0.05, 0) is 17.8 Å². The summed E-state index contributed by atoms with van der Waals surface area (Å²) in [4.78, 5) is 11.6. The fraction of sp³-hybridized carbons (Fsp3) is 0.900. The Morgan fingerprint density at radius 2 is 2.00 bits per heavy atom. The molecule has 12 heavy (non-hydrogen) atoms. The maximum absolute atomic E-state index is 11.6. The van der Waals surface area contributed by atoms with Gasteiger partial charge >= 0.3 is 0 Å². The van der Waals surface area contributed by atoms with Gasteiger partial charge in [-0.2, -0.15) is 0 Å². The molecule has 2 aliphatic carbocycles. The molecular weight excluding hydrogens is 152 g/mol. The molecule has 2 saturated carbocycles. The number of hydrogen-bond acceptors (Lipinski definition) is 2. The second-order valence-electron chi connectivity index (χ2n) is 5.06. The minimum atomic E-state index is -0.253. The summed E-state index contributed by atoms with van der Waals surface area (Å²) in [6, 6.07) is 0. The Morgan fingerprint density at radius 3 is 2.25 bits per heavy atom. The zero-order valence-electron chi connectivity index (χ0n) is 7.92. The van der Waals surface area contributed by atoms with Crippen LogP contribution >= 0.6 is 0 Å². The van der Waals surface area contributed by atoms with Gasteiger partial charge in [0.25, 0.3) is 0 Å². The second-order valence-corrected chi connectivity index (χ2v) is 5.06. The van der Waals surface area contributed by atoms with Gasteiger partial charge in [-0.15, -0.1) is 0 Å². The summed E-state index contributed by atoms with van der Waals surface area (Å²) in [6.07, 6.45) is 1.01. The van der Waals surface area contributed by atoms with Crippen molar-refractivity contribution < 1.29 is 9.90 Å². The van der Waals surface area contributed by atoms with Crippen LogP contribution in [0.1, 0.15) is 33.6 Å². The smallest absolute Gasteiger partial charge is 0.139 e. The lowest BCUT2D eigenvalue weighted by atomic mass is 9.70. The average Bonchev–Trinajstić information content (AvgIpc) is 2.18. The zero-order valence-corrected chi connectivity index (χ0v) is 7.92. The first-order valence-electron chi connectivity index (χ1n) is 4.61. The predicted octanol–water partition coefficient (Wildman–Crippen LogP) is 1.37. The molecule has 0 aliphatic heterocycles. The van der Waals surface area contributed by atoms with E-state index in [1.54, 1.807) is 0 Å². The zero-order chi connectivity index (χ0) is 9.15. The van der Waals surface area contributed by atoms with E-state index in [4.69, 9.17) is 0 Å². The molecule has 2 bridgehead atoms. The summed E-state index contributed by atoms with van der Waals surface area (Å²) >= 11 is 0. The van der Waals surface area contributed by atoms with E-state index in [-0.39, 0.29) is 22.9 Å². The SMILES string of the molecule is CC1(C)[C@H]2CC(=O)[C@]1(C)C[C@H]2O. The first kappa shape index (κ1) is 8.24. The van der Waals surface area contributed by atoms with Crippen LogP contribution in [0.15, 0.2) is 0 Å². The Balaban J connectivity index is 2.47. The highest BCUT2D eigenvalue weighted by Crippen LogP contribution is 2.63. The van der Waals surface area contributed by atoms with Crippen molar-refractivity contribution >= 4 is 5.78 Å². The summed E-state index contributed by atoms with van der Waals surface area (Å²) in [5.41, 5.74) is -0.249. The van der Waals surface area contributed by atoms with Crippen LogP contribution in [-0.4, -0.2) is 17.0 Å². The summed E-state index contributed by atoms with van der Waals surface area (Å²) in [6.45, 7) is 6.23. The number of rotatable bonds is 0. The number of ketones is 1. The van der Waals surface area contributed by atoms with Crippen LogP contribution in [0.3, 0.4) is 0 Å². The molecular formula is C10H16O2. The molecule has 0 amide bonds. The van der Waals surface area contributed by atoms with Crippen molar-refractivity contribution in [3.8, 4) is 0 Å². The van der Waals surface area contributed by atoms with Gasteiger partial charge in [0.1, 0.15) is 5.78 Å².